The average Bonchev–Trinajstić information content (AvgIpc) is 2.93. The molecule has 0 amide bonds. The Morgan fingerprint density at radius 1 is 1.19 bits per heavy atom. The van der Waals surface area contributed by atoms with Crippen molar-refractivity contribution in [2.24, 2.45) is 7.05 Å². The number of nitrogens with zero attached hydrogens (tertiary/aromatic N) is 5. The lowest BCUT2D eigenvalue weighted by atomic mass is 10.2. The van der Waals surface area contributed by atoms with E-state index in [4.69, 9.17) is 0 Å². The van der Waals surface area contributed by atoms with Crippen LogP contribution in [0.2, 0.25) is 0 Å². The maximum Gasteiger partial charge on any atom is 0.227 e. The van der Waals surface area contributed by atoms with Crippen molar-refractivity contribution in [3.63, 3.8) is 0 Å². The monoisotopic (exact) mass is 280 g/mol. The minimum atomic E-state index is 0.390. The molecule has 1 N–H and O–H groups in total. The van der Waals surface area contributed by atoms with Gasteiger partial charge in [0, 0.05) is 31.2 Å². The van der Waals surface area contributed by atoms with Gasteiger partial charge in [0.15, 0.2) is 6.29 Å². The molecule has 7 nitrogen and oxygen atoms in total. The van der Waals surface area contributed by atoms with Crippen molar-refractivity contribution in [3.8, 4) is 11.3 Å². The van der Waals surface area contributed by atoms with Crippen molar-refractivity contribution in [1.82, 2.24) is 24.7 Å². The Kier molecular flexibility index (Phi) is 3.38. The molecule has 21 heavy (non-hydrogen) atoms. The van der Waals surface area contributed by atoms with E-state index in [9.17, 15) is 4.79 Å². The summed E-state index contributed by atoms with van der Waals surface area (Å²) in [6, 6.07) is 5.23. The van der Waals surface area contributed by atoms with Gasteiger partial charge in [0.05, 0.1) is 17.6 Å². The summed E-state index contributed by atoms with van der Waals surface area (Å²) in [5, 5.41) is 7.14. The molecule has 0 unspecified atom stereocenters. The second-order valence-corrected chi connectivity index (χ2v) is 4.38. The Morgan fingerprint density at radius 3 is 2.76 bits per heavy atom. The number of hydrogen-bond acceptors (Lipinski definition) is 6. The highest BCUT2D eigenvalue weighted by Gasteiger charge is 2.04. The summed E-state index contributed by atoms with van der Waals surface area (Å²) in [5.41, 5.74) is 2.74. The molecule has 7 heteroatoms. The normalized spacial score (nSPS) is 10.3. The van der Waals surface area contributed by atoms with Crippen LogP contribution < -0.4 is 5.32 Å². The van der Waals surface area contributed by atoms with Crippen molar-refractivity contribution in [2.45, 2.75) is 0 Å². The highest BCUT2D eigenvalue weighted by molar-refractivity contribution is 5.73. The zero-order valence-corrected chi connectivity index (χ0v) is 11.3. The third kappa shape index (κ3) is 2.92. The van der Waals surface area contributed by atoms with Gasteiger partial charge in [0.1, 0.15) is 5.69 Å². The number of hydrogen-bond donors (Lipinski definition) is 1. The number of aromatic nitrogens is 5. The van der Waals surface area contributed by atoms with Gasteiger partial charge in [-0.1, -0.05) is 0 Å². The van der Waals surface area contributed by atoms with E-state index < -0.39 is 0 Å². The summed E-state index contributed by atoms with van der Waals surface area (Å²) >= 11 is 0. The molecule has 3 aromatic rings. The molecule has 0 bridgehead atoms. The number of carbonyl (C=O) groups excluding carboxylic acids is 1. The van der Waals surface area contributed by atoms with Gasteiger partial charge in [-0.05, 0) is 18.2 Å². The topological polar surface area (TPSA) is 85.6 Å². The zero-order valence-electron chi connectivity index (χ0n) is 11.3. The van der Waals surface area contributed by atoms with Crippen molar-refractivity contribution in [1.29, 1.82) is 0 Å². The summed E-state index contributed by atoms with van der Waals surface area (Å²) in [7, 11) is 1.84. The second kappa shape index (κ2) is 5.49. The molecule has 0 aliphatic carbocycles. The third-order valence-corrected chi connectivity index (χ3v) is 2.82. The molecule has 104 valence electrons. The first-order valence-electron chi connectivity index (χ1n) is 6.25. The number of carbonyl (C=O) groups is 1. The van der Waals surface area contributed by atoms with Crippen LogP contribution in [0.4, 0.5) is 11.6 Å². The van der Waals surface area contributed by atoms with E-state index in [2.05, 4.69) is 25.4 Å². The van der Waals surface area contributed by atoms with Crippen LogP contribution in [0.25, 0.3) is 11.3 Å². The molecular formula is C14H12N6O. The first kappa shape index (κ1) is 12.9. The molecule has 3 aromatic heterocycles. The number of rotatable bonds is 4. The lowest BCUT2D eigenvalue weighted by molar-refractivity contribution is 0.111. The maximum absolute atomic E-state index is 10.6. The Balaban J connectivity index is 1.86. The molecule has 0 aliphatic heterocycles. The second-order valence-electron chi connectivity index (χ2n) is 4.38. The minimum Gasteiger partial charge on any atom is -0.321 e. The summed E-state index contributed by atoms with van der Waals surface area (Å²) in [5.74, 6) is 0.472. The van der Waals surface area contributed by atoms with Crippen LogP contribution in [-0.4, -0.2) is 31.0 Å². The molecule has 0 spiro atoms. The van der Waals surface area contributed by atoms with E-state index in [-0.39, 0.29) is 0 Å². The van der Waals surface area contributed by atoms with Crippen LogP contribution in [-0.2, 0) is 7.05 Å². The fraction of sp³-hybridized carbons (Fsp3) is 0.0714. The molecule has 3 heterocycles. The maximum atomic E-state index is 10.6. The number of aldehydes is 1. The molecule has 3 rings (SSSR count). The zero-order chi connectivity index (χ0) is 14.7. The molecule has 0 atom stereocenters. The number of nitrogens with one attached hydrogen (secondary N) is 1. The van der Waals surface area contributed by atoms with E-state index in [0.29, 0.717) is 17.9 Å². The van der Waals surface area contributed by atoms with Gasteiger partial charge in [-0.25, -0.2) is 9.97 Å². The standard InChI is InChI=1S/C14H12N6O/c1-20-8-12(7-17-20)18-14-15-5-4-13(19-14)10-2-3-11(9-21)16-6-10/h2-9H,1H3,(H,15,18,19). The summed E-state index contributed by atoms with van der Waals surface area (Å²) in [4.78, 5) is 23.2. The first-order chi connectivity index (χ1) is 10.2. The third-order valence-electron chi connectivity index (χ3n) is 2.82. The Bertz CT molecular complexity index is 765. The predicted octanol–water partition coefficient (Wildman–Crippen LogP) is 1.83. The van der Waals surface area contributed by atoms with E-state index in [1.807, 2.05) is 13.2 Å². The molecular weight excluding hydrogens is 268 g/mol. The van der Waals surface area contributed by atoms with E-state index >= 15 is 0 Å². The minimum absolute atomic E-state index is 0.390. The van der Waals surface area contributed by atoms with Crippen LogP contribution >= 0.6 is 0 Å². The smallest absolute Gasteiger partial charge is 0.227 e. The molecule has 0 saturated heterocycles. The van der Waals surface area contributed by atoms with Crippen molar-refractivity contribution in [3.05, 3.63) is 48.7 Å². The predicted molar refractivity (Wildman–Crippen MR) is 77.1 cm³/mol. The van der Waals surface area contributed by atoms with Gasteiger partial charge in [-0.15, -0.1) is 0 Å². The SMILES string of the molecule is Cn1cc(Nc2nccc(-c3ccc(C=O)nc3)n2)cn1. The summed E-state index contributed by atoms with van der Waals surface area (Å²) in [6.07, 6.45) is 7.50. The van der Waals surface area contributed by atoms with Gasteiger partial charge in [0.2, 0.25) is 5.95 Å². The van der Waals surface area contributed by atoms with Gasteiger partial charge >= 0.3 is 0 Å². The van der Waals surface area contributed by atoms with Crippen LogP contribution in [0, 0.1) is 0 Å². The molecule has 0 aliphatic rings. The quantitative estimate of drug-likeness (QED) is 0.734. The van der Waals surface area contributed by atoms with E-state index in [1.54, 1.807) is 41.5 Å². The van der Waals surface area contributed by atoms with Crippen molar-refractivity contribution >= 4 is 17.9 Å². The molecule has 0 radical (unpaired) electrons. The fourth-order valence-corrected chi connectivity index (χ4v) is 1.82. The van der Waals surface area contributed by atoms with Crippen LogP contribution in [0.5, 0.6) is 0 Å². The Hall–Kier alpha value is -3.09. The van der Waals surface area contributed by atoms with Crippen LogP contribution in [0.15, 0.2) is 43.0 Å². The average molecular weight is 280 g/mol. The highest BCUT2D eigenvalue weighted by atomic mass is 16.1. The summed E-state index contributed by atoms with van der Waals surface area (Å²) in [6.45, 7) is 0. The number of anilines is 2. The molecule has 0 aromatic carbocycles. The first-order valence-corrected chi connectivity index (χ1v) is 6.25. The summed E-state index contributed by atoms with van der Waals surface area (Å²) < 4.78 is 1.69. The Labute approximate surface area is 120 Å². The largest absolute Gasteiger partial charge is 0.321 e. The van der Waals surface area contributed by atoms with Crippen LogP contribution in [0.3, 0.4) is 0 Å². The van der Waals surface area contributed by atoms with Gasteiger partial charge in [0.25, 0.3) is 0 Å². The Morgan fingerprint density at radius 2 is 2.10 bits per heavy atom. The van der Waals surface area contributed by atoms with E-state index in [1.165, 1.54) is 0 Å². The molecule has 0 fully saturated rings. The van der Waals surface area contributed by atoms with Gasteiger partial charge in [-0.2, -0.15) is 5.10 Å². The van der Waals surface area contributed by atoms with Gasteiger partial charge in [-0.3, -0.25) is 14.5 Å². The number of pyridine rings is 1. The number of aryl methyl sites for hydroxylation is 1. The van der Waals surface area contributed by atoms with Gasteiger partial charge < -0.3 is 5.32 Å². The van der Waals surface area contributed by atoms with Crippen molar-refractivity contribution in [2.75, 3.05) is 5.32 Å². The van der Waals surface area contributed by atoms with E-state index in [0.717, 1.165) is 16.9 Å². The van der Waals surface area contributed by atoms with Crippen molar-refractivity contribution < 1.29 is 4.79 Å². The lowest BCUT2D eigenvalue weighted by Gasteiger charge is -2.04. The molecule has 0 saturated carbocycles. The van der Waals surface area contributed by atoms with Crippen LogP contribution in [0.1, 0.15) is 10.5 Å². The lowest BCUT2D eigenvalue weighted by Crippen LogP contribution is -1.97. The fourth-order valence-electron chi connectivity index (χ4n) is 1.82. The highest BCUT2D eigenvalue weighted by Crippen LogP contribution is 2.18.